The molecule has 2 N–H and O–H groups in total. The molecule has 0 aliphatic carbocycles. The fraction of sp³-hybridized carbons (Fsp3) is 0.0952. The topological polar surface area (TPSA) is 84.5 Å². The second-order valence-corrected chi connectivity index (χ2v) is 8.82. The third kappa shape index (κ3) is 5.66. The Morgan fingerprint density at radius 3 is 2.52 bits per heavy atom. The van der Waals surface area contributed by atoms with Crippen molar-refractivity contribution >= 4 is 50.5 Å². The predicted octanol–water partition coefficient (Wildman–Crippen LogP) is 5.58. The summed E-state index contributed by atoms with van der Waals surface area (Å²) in [5.41, 5.74) is 0.541. The first-order valence-electron chi connectivity index (χ1n) is 9.01. The van der Waals surface area contributed by atoms with Gasteiger partial charge in [0, 0.05) is 10.6 Å². The van der Waals surface area contributed by atoms with E-state index in [2.05, 4.69) is 10.0 Å². The first-order chi connectivity index (χ1) is 14.7. The van der Waals surface area contributed by atoms with Gasteiger partial charge in [-0.3, -0.25) is 9.52 Å². The van der Waals surface area contributed by atoms with E-state index < -0.39 is 21.7 Å². The third-order valence-corrected chi connectivity index (χ3v) is 5.97. The minimum absolute atomic E-state index is 0.0878. The Balaban J connectivity index is 1.92. The quantitative estimate of drug-likeness (QED) is 0.459. The van der Waals surface area contributed by atoms with E-state index in [0.29, 0.717) is 22.9 Å². The molecular weight excluding hydrogens is 466 g/mol. The number of hydrogen-bond donors (Lipinski definition) is 2. The molecule has 0 bridgehead atoms. The zero-order chi connectivity index (χ0) is 22.6. The molecule has 0 aromatic heterocycles. The first-order valence-corrected chi connectivity index (χ1v) is 11.2. The summed E-state index contributed by atoms with van der Waals surface area (Å²) < 4.78 is 46.8. The van der Waals surface area contributed by atoms with Crippen molar-refractivity contribution in [1.82, 2.24) is 0 Å². The van der Waals surface area contributed by atoms with Crippen LogP contribution in [0.1, 0.15) is 17.3 Å². The Bertz CT molecular complexity index is 1240. The Morgan fingerprint density at radius 2 is 1.84 bits per heavy atom. The molecule has 1 amide bonds. The summed E-state index contributed by atoms with van der Waals surface area (Å²) in [7, 11) is -4.06. The largest absolute Gasteiger partial charge is 0.492 e. The lowest BCUT2D eigenvalue weighted by Gasteiger charge is -2.14. The highest BCUT2D eigenvalue weighted by Crippen LogP contribution is 2.30. The minimum Gasteiger partial charge on any atom is -0.492 e. The van der Waals surface area contributed by atoms with Gasteiger partial charge in [0.1, 0.15) is 11.6 Å². The monoisotopic (exact) mass is 482 g/mol. The average Bonchev–Trinajstić information content (AvgIpc) is 2.72. The molecule has 0 aliphatic heterocycles. The van der Waals surface area contributed by atoms with Gasteiger partial charge in [0.25, 0.3) is 15.9 Å². The highest BCUT2D eigenvalue weighted by molar-refractivity contribution is 7.92. The van der Waals surface area contributed by atoms with Crippen LogP contribution in [0.3, 0.4) is 0 Å². The van der Waals surface area contributed by atoms with Crippen molar-refractivity contribution in [1.29, 1.82) is 0 Å². The molecule has 0 saturated heterocycles. The molecule has 162 valence electrons. The Labute approximate surface area is 189 Å². The molecule has 0 radical (unpaired) electrons. The van der Waals surface area contributed by atoms with Crippen LogP contribution < -0.4 is 14.8 Å². The zero-order valence-corrected chi connectivity index (χ0v) is 18.5. The number of anilines is 2. The van der Waals surface area contributed by atoms with Gasteiger partial charge in [0.15, 0.2) is 0 Å². The van der Waals surface area contributed by atoms with Crippen LogP contribution in [0.15, 0.2) is 65.6 Å². The third-order valence-electron chi connectivity index (χ3n) is 4.07. The molecule has 3 rings (SSSR count). The highest BCUT2D eigenvalue weighted by atomic mass is 35.5. The van der Waals surface area contributed by atoms with E-state index in [1.165, 1.54) is 30.3 Å². The predicted molar refractivity (Wildman–Crippen MR) is 119 cm³/mol. The van der Waals surface area contributed by atoms with E-state index in [1.54, 1.807) is 25.1 Å². The van der Waals surface area contributed by atoms with Gasteiger partial charge in [-0.05, 0) is 61.5 Å². The van der Waals surface area contributed by atoms with E-state index in [9.17, 15) is 17.6 Å². The van der Waals surface area contributed by atoms with E-state index in [-0.39, 0.29) is 21.3 Å². The number of carbonyl (C=O) groups excluding carboxylic acids is 1. The van der Waals surface area contributed by atoms with Crippen molar-refractivity contribution in [3.63, 3.8) is 0 Å². The summed E-state index contributed by atoms with van der Waals surface area (Å²) in [6, 6.07) is 13.8. The average molecular weight is 483 g/mol. The van der Waals surface area contributed by atoms with Gasteiger partial charge < -0.3 is 10.1 Å². The van der Waals surface area contributed by atoms with Crippen LogP contribution in [-0.4, -0.2) is 20.9 Å². The molecule has 31 heavy (non-hydrogen) atoms. The molecule has 6 nitrogen and oxygen atoms in total. The van der Waals surface area contributed by atoms with Crippen molar-refractivity contribution in [2.75, 3.05) is 16.6 Å². The fourth-order valence-corrected chi connectivity index (χ4v) is 4.10. The second kappa shape index (κ2) is 9.55. The SMILES string of the molecule is CCOc1ccc(S(=O)(=O)Nc2ccc(F)c(Cl)c2)cc1NC(=O)c1cccc(Cl)c1. The summed E-state index contributed by atoms with van der Waals surface area (Å²) >= 11 is 11.6. The molecule has 3 aromatic carbocycles. The van der Waals surface area contributed by atoms with E-state index in [1.807, 2.05) is 0 Å². The van der Waals surface area contributed by atoms with Crippen molar-refractivity contribution in [3.8, 4) is 5.75 Å². The molecule has 0 atom stereocenters. The van der Waals surface area contributed by atoms with Gasteiger partial charge in [-0.25, -0.2) is 12.8 Å². The summed E-state index contributed by atoms with van der Waals surface area (Å²) in [5, 5.41) is 2.81. The smallest absolute Gasteiger partial charge is 0.261 e. The summed E-state index contributed by atoms with van der Waals surface area (Å²) in [4.78, 5) is 12.5. The van der Waals surface area contributed by atoms with E-state index in [4.69, 9.17) is 27.9 Å². The molecule has 0 heterocycles. The number of rotatable bonds is 7. The molecule has 0 fully saturated rings. The van der Waals surface area contributed by atoms with Gasteiger partial charge in [0.05, 0.1) is 27.9 Å². The molecule has 0 aliphatic rings. The van der Waals surface area contributed by atoms with Crippen LogP contribution in [0.25, 0.3) is 0 Å². The van der Waals surface area contributed by atoms with Gasteiger partial charge in [-0.15, -0.1) is 0 Å². The second-order valence-electron chi connectivity index (χ2n) is 6.29. The van der Waals surface area contributed by atoms with Crippen molar-refractivity contribution in [2.24, 2.45) is 0 Å². The fourth-order valence-electron chi connectivity index (χ4n) is 2.65. The summed E-state index contributed by atoms with van der Waals surface area (Å²) in [5.74, 6) is -0.866. The highest BCUT2D eigenvalue weighted by Gasteiger charge is 2.19. The van der Waals surface area contributed by atoms with Gasteiger partial charge in [-0.1, -0.05) is 29.3 Å². The number of hydrogen-bond acceptors (Lipinski definition) is 4. The van der Waals surface area contributed by atoms with E-state index in [0.717, 1.165) is 12.1 Å². The van der Waals surface area contributed by atoms with Crippen molar-refractivity contribution < 1.29 is 22.3 Å². The van der Waals surface area contributed by atoms with E-state index >= 15 is 0 Å². The number of amides is 1. The number of carbonyl (C=O) groups is 1. The standard InChI is InChI=1S/C21H17Cl2FN2O4S/c1-2-30-20-9-7-16(31(28,29)26-15-6-8-18(24)17(23)11-15)12-19(20)25-21(27)13-4-3-5-14(22)10-13/h3-12,26H,2H2,1H3,(H,25,27). The van der Waals surface area contributed by atoms with Gasteiger partial charge in [0.2, 0.25) is 0 Å². The number of sulfonamides is 1. The lowest BCUT2D eigenvalue weighted by molar-refractivity contribution is 0.102. The Kier molecular flexibility index (Phi) is 7.04. The van der Waals surface area contributed by atoms with Crippen LogP contribution in [0.2, 0.25) is 10.0 Å². The maximum Gasteiger partial charge on any atom is 0.261 e. The number of halogens is 3. The molecule has 0 spiro atoms. The lowest BCUT2D eigenvalue weighted by atomic mass is 10.2. The van der Waals surface area contributed by atoms with Crippen LogP contribution in [0.5, 0.6) is 5.75 Å². The molecule has 0 saturated carbocycles. The zero-order valence-electron chi connectivity index (χ0n) is 16.2. The van der Waals surface area contributed by atoms with Crippen LogP contribution >= 0.6 is 23.2 Å². The number of ether oxygens (including phenoxy) is 1. The summed E-state index contributed by atoms with van der Waals surface area (Å²) in [6.07, 6.45) is 0. The van der Waals surface area contributed by atoms with Gasteiger partial charge >= 0.3 is 0 Å². The Morgan fingerprint density at radius 1 is 1.06 bits per heavy atom. The summed E-state index contributed by atoms with van der Waals surface area (Å²) in [6.45, 7) is 2.06. The minimum atomic E-state index is -4.06. The van der Waals surface area contributed by atoms with Crippen molar-refractivity contribution in [3.05, 3.63) is 82.1 Å². The normalized spacial score (nSPS) is 11.1. The van der Waals surface area contributed by atoms with Crippen LogP contribution in [0.4, 0.5) is 15.8 Å². The molecule has 3 aromatic rings. The first kappa shape index (κ1) is 22.9. The molecule has 10 heteroatoms. The van der Waals surface area contributed by atoms with Gasteiger partial charge in [-0.2, -0.15) is 0 Å². The Hall–Kier alpha value is -2.81. The van der Waals surface area contributed by atoms with Crippen LogP contribution in [0, 0.1) is 5.82 Å². The maximum atomic E-state index is 13.3. The molecular formula is C21H17Cl2FN2O4S. The molecule has 0 unspecified atom stereocenters. The number of benzene rings is 3. The lowest BCUT2D eigenvalue weighted by Crippen LogP contribution is -2.16. The van der Waals surface area contributed by atoms with Crippen molar-refractivity contribution in [2.45, 2.75) is 11.8 Å². The van der Waals surface area contributed by atoms with Crippen LogP contribution in [-0.2, 0) is 10.0 Å². The maximum absolute atomic E-state index is 13.3. The number of nitrogens with one attached hydrogen (secondary N) is 2.